The number of nitrogens with zero attached hydrogens (tertiary/aromatic N) is 2. The van der Waals surface area contributed by atoms with Gasteiger partial charge in [-0.1, -0.05) is 0 Å². The summed E-state index contributed by atoms with van der Waals surface area (Å²) in [5.41, 5.74) is 0.822. The van der Waals surface area contributed by atoms with Crippen molar-refractivity contribution in [1.29, 1.82) is 0 Å². The molecule has 0 saturated heterocycles. The molecule has 90 valence electrons. The summed E-state index contributed by atoms with van der Waals surface area (Å²) < 4.78 is 5.12. The number of ether oxygens (including phenoxy) is 1. The molecule has 0 fully saturated rings. The molecular formula is C11H16Cl2N2O. The molecule has 0 bridgehead atoms. The van der Waals surface area contributed by atoms with Gasteiger partial charge in [0.05, 0.1) is 18.2 Å². The lowest BCUT2D eigenvalue weighted by atomic mass is 10.2. The van der Waals surface area contributed by atoms with Gasteiger partial charge in [0.1, 0.15) is 5.75 Å². The van der Waals surface area contributed by atoms with E-state index < -0.39 is 0 Å². The Hall–Kier alpha value is -0.510. The molecule has 1 heterocycles. The molecule has 0 aliphatic heterocycles. The lowest BCUT2D eigenvalue weighted by Crippen LogP contribution is -2.25. The van der Waals surface area contributed by atoms with Gasteiger partial charge in [0, 0.05) is 31.2 Å². The van der Waals surface area contributed by atoms with Crippen LogP contribution in [0.1, 0.15) is 11.1 Å². The number of aromatic nitrogens is 1. The fourth-order valence-corrected chi connectivity index (χ4v) is 1.97. The van der Waals surface area contributed by atoms with Gasteiger partial charge in [0.25, 0.3) is 0 Å². The SMILES string of the molecule is COc1ccnc(C(Cl)CN(C)CCCl)c1. The molecule has 1 rings (SSSR count). The lowest BCUT2D eigenvalue weighted by Gasteiger charge is -2.18. The highest BCUT2D eigenvalue weighted by molar-refractivity contribution is 6.20. The Morgan fingerprint density at radius 3 is 2.94 bits per heavy atom. The molecule has 1 atom stereocenters. The highest BCUT2D eigenvalue weighted by Gasteiger charge is 2.12. The number of hydrogen-bond acceptors (Lipinski definition) is 3. The van der Waals surface area contributed by atoms with Crippen LogP contribution in [-0.2, 0) is 0 Å². The first-order valence-corrected chi connectivity index (χ1v) is 6.03. The maximum absolute atomic E-state index is 6.26. The number of halogens is 2. The third-order valence-electron chi connectivity index (χ3n) is 2.25. The van der Waals surface area contributed by atoms with Crippen LogP contribution in [0.25, 0.3) is 0 Å². The molecule has 0 radical (unpaired) electrons. The maximum Gasteiger partial charge on any atom is 0.122 e. The van der Waals surface area contributed by atoms with Gasteiger partial charge in [-0.15, -0.1) is 23.2 Å². The Balaban J connectivity index is 2.61. The minimum Gasteiger partial charge on any atom is -0.497 e. The monoisotopic (exact) mass is 262 g/mol. The molecule has 0 aromatic carbocycles. The summed E-state index contributed by atoms with van der Waals surface area (Å²) in [6, 6.07) is 3.65. The normalized spacial score (nSPS) is 12.8. The van der Waals surface area contributed by atoms with Crippen LogP contribution in [0.3, 0.4) is 0 Å². The molecule has 5 heteroatoms. The summed E-state index contributed by atoms with van der Waals surface area (Å²) in [5.74, 6) is 1.38. The first-order valence-electron chi connectivity index (χ1n) is 5.06. The Kier molecular flexibility index (Phi) is 5.88. The van der Waals surface area contributed by atoms with Gasteiger partial charge in [0.2, 0.25) is 0 Å². The first kappa shape index (κ1) is 13.6. The van der Waals surface area contributed by atoms with Crippen LogP contribution in [0.2, 0.25) is 0 Å². The van der Waals surface area contributed by atoms with E-state index in [9.17, 15) is 0 Å². The topological polar surface area (TPSA) is 25.4 Å². The smallest absolute Gasteiger partial charge is 0.122 e. The van der Waals surface area contributed by atoms with E-state index in [1.807, 2.05) is 13.1 Å². The van der Waals surface area contributed by atoms with Crippen molar-refractivity contribution >= 4 is 23.2 Å². The number of pyridine rings is 1. The van der Waals surface area contributed by atoms with Crippen molar-refractivity contribution < 1.29 is 4.74 Å². The van der Waals surface area contributed by atoms with Crippen LogP contribution in [0.4, 0.5) is 0 Å². The van der Waals surface area contributed by atoms with Crippen molar-refractivity contribution in [2.45, 2.75) is 5.38 Å². The molecule has 16 heavy (non-hydrogen) atoms. The quantitative estimate of drug-likeness (QED) is 0.737. The Morgan fingerprint density at radius 1 is 1.56 bits per heavy atom. The number of alkyl halides is 2. The van der Waals surface area contributed by atoms with Crippen LogP contribution in [-0.4, -0.2) is 43.0 Å². The van der Waals surface area contributed by atoms with Gasteiger partial charge in [0.15, 0.2) is 0 Å². The summed E-state index contributed by atoms with van der Waals surface area (Å²) in [4.78, 5) is 6.30. The molecule has 1 aromatic heterocycles. The van der Waals surface area contributed by atoms with Crippen molar-refractivity contribution in [1.82, 2.24) is 9.88 Å². The van der Waals surface area contributed by atoms with Crippen molar-refractivity contribution in [3.63, 3.8) is 0 Å². The molecule has 1 unspecified atom stereocenters. The number of methoxy groups -OCH3 is 1. The summed E-state index contributed by atoms with van der Waals surface area (Å²) in [6.45, 7) is 1.53. The summed E-state index contributed by atoms with van der Waals surface area (Å²) in [5, 5.41) is -0.150. The van der Waals surface area contributed by atoms with E-state index in [0.29, 0.717) is 12.4 Å². The predicted molar refractivity (Wildman–Crippen MR) is 67.6 cm³/mol. The molecular weight excluding hydrogens is 247 g/mol. The standard InChI is InChI=1S/C11H16Cl2N2O/c1-15(6-4-12)8-10(13)11-7-9(16-2)3-5-14-11/h3,5,7,10H,4,6,8H2,1-2H3. The van der Waals surface area contributed by atoms with Crippen LogP contribution >= 0.6 is 23.2 Å². The van der Waals surface area contributed by atoms with Gasteiger partial charge in [-0.05, 0) is 13.1 Å². The zero-order valence-corrected chi connectivity index (χ0v) is 11.0. The van der Waals surface area contributed by atoms with Crippen LogP contribution < -0.4 is 4.74 Å². The van der Waals surface area contributed by atoms with E-state index in [2.05, 4.69) is 9.88 Å². The molecule has 0 amide bonds. The second-order valence-corrected chi connectivity index (χ2v) is 4.44. The van der Waals surface area contributed by atoms with E-state index in [1.165, 1.54) is 0 Å². The Bertz CT molecular complexity index is 323. The average Bonchev–Trinajstić information content (AvgIpc) is 2.29. The van der Waals surface area contributed by atoms with Crippen molar-refractivity contribution in [2.75, 3.05) is 33.1 Å². The number of hydrogen-bond donors (Lipinski definition) is 0. The highest BCUT2D eigenvalue weighted by atomic mass is 35.5. The van der Waals surface area contributed by atoms with E-state index in [-0.39, 0.29) is 5.38 Å². The van der Waals surface area contributed by atoms with Gasteiger partial charge in [-0.25, -0.2) is 0 Å². The highest BCUT2D eigenvalue weighted by Crippen LogP contribution is 2.22. The molecule has 0 aliphatic rings. The minimum atomic E-state index is -0.150. The van der Waals surface area contributed by atoms with Crippen LogP contribution in [0, 0.1) is 0 Å². The third kappa shape index (κ3) is 4.16. The van der Waals surface area contributed by atoms with Crippen molar-refractivity contribution in [3.05, 3.63) is 24.0 Å². The van der Waals surface area contributed by atoms with Gasteiger partial charge in [-0.2, -0.15) is 0 Å². The lowest BCUT2D eigenvalue weighted by molar-refractivity contribution is 0.352. The molecule has 3 nitrogen and oxygen atoms in total. The fourth-order valence-electron chi connectivity index (χ4n) is 1.33. The summed E-state index contributed by atoms with van der Waals surface area (Å²) in [7, 11) is 3.61. The molecule has 1 aromatic rings. The molecule has 0 saturated carbocycles. The average molecular weight is 263 g/mol. The van der Waals surface area contributed by atoms with Crippen LogP contribution in [0.15, 0.2) is 18.3 Å². The van der Waals surface area contributed by atoms with E-state index in [1.54, 1.807) is 19.4 Å². The second kappa shape index (κ2) is 6.94. The van der Waals surface area contributed by atoms with E-state index in [0.717, 1.165) is 18.0 Å². The first-order chi connectivity index (χ1) is 7.67. The summed E-state index contributed by atoms with van der Waals surface area (Å²) >= 11 is 11.9. The zero-order valence-electron chi connectivity index (χ0n) is 9.49. The Morgan fingerprint density at radius 2 is 2.31 bits per heavy atom. The molecule has 0 aliphatic carbocycles. The summed E-state index contributed by atoms with van der Waals surface area (Å²) in [6.07, 6.45) is 1.70. The second-order valence-electron chi connectivity index (χ2n) is 3.54. The van der Waals surface area contributed by atoms with Gasteiger partial charge < -0.3 is 9.64 Å². The number of likely N-dealkylation sites (N-methyl/N-ethyl adjacent to an activating group) is 1. The zero-order chi connectivity index (χ0) is 12.0. The van der Waals surface area contributed by atoms with Crippen molar-refractivity contribution in [3.8, 4) is 5.75 Å². The van der Waals surface area contributed by atoms with E-state index >= 15 is 0 Å². The number of rotatable bonds is 6. The third-order valence-corrected chi connectivity index (χ3v) is 2.78. The van der Waals surface area contributed by atoms with Crippen LogP contribution in [0.5, 0.6) is 5.75 Å². The van der Waals surface area contributed by atoms with Gasteiger partial charge in [-0.3, -0.25) is 4.98 Å². The molecule has 0 N–H and O–H groups in total. The van der Waals surface area contributed by atoms with Crippen molar-refractivity contribution in [2.24, 2.45) is 0 Å². The molecule has 0 spiro atoms. The van der Waals surface area contributed by atoms with Gasteiger partial charge >= 0.3 is 0 Å². The fraction of sp³-hybridized carbons (Fsp3) is 0.545. The largest absolute Gasteiger partial charge is 0.497 e. The maximum atomic E-state index is 6.26. The minimum absolute atomic E-state index is 0.150. The Labute approximate surface area is 106 Å². The van der Waals surface area contributed by atoms with E-state index in [4.69, 9.17) is 27.9 Å². The predicted octanol–water partition coefficient (Wildman–Crippen LogP) is 2.54.